The zero-order valence-corrected chi connectivity index (χ0v) is 15.5. The van der Waals surface area contributed by atoms with Gasteiger partial charge in [-0.1, -0.05) is 12.1 Å². The van der Waals surface area contributed by atoms with Crippen LogP contribution in [0, 0.1) is 6.92 Å². The molecule has 0 radical (unpaired) electrons. The molecule has 0 saturated carbocycles. The number of ether oxygens (including phenoxy) is 1. The van der Waals surface area contributed by atoms with Crippen LogP contribution in [-0.4, -0.2) is 33.1 Å². The van der Waals surface area contributed by atoms with Gasteiger partial charge in [-0.15, -0.1) is 11.3 Å². The molecule has 1 aromatic carbocycles. The van der Waals surface area contributed by atoms with Crippen molar-refractivity contribution < 1.29 is 19.4 Å². The van der Waals surface area contributed by atoms with Crippen LogP contribution in [0.25, 0.3) is 10.2 Å². The fourth-order valence-electron chi connectivity index (χ4n) is 2.67. The van der Waals surface area contributed by atoms with Crippen molar-refractivity contribution in [1.29, 1.82) is 0 Å². The minimum atomic E-state index is -1.10. The fourth-order valence-corrected chi connectivity index (χ4v) is 3.65. The Balaban J connectivity index is 1.88. The van der Waals surface area contributed by atoms with E-state index < -0.39 is 17.4 Å². The molecule has 0 unspecified atom stereocenters. The molecular weight excluding hydrogens is 370 g/mol. The van der Waals surface area contributed by atoms with E-state index in [9.17, 15) is 19.5 Å². The number of nitrogens with one attached hydrogen (secondary N) is 1. The molecule has 140 valence electrons. The van der Waals surface area contributed by atoms with Gasteiger partial charge in [-0.2, -0.15) is 0 Å². The van der Waals surface area contributed by atoms with E-state index in [1.165, 1.54) is 6.33 Å². The first-order chi connectivity index (χ1) is 12.9. The first-order valence-corrected chi connectivity index (χ1v) is 8.97. The molecule has 0 saturated heterocycles. The van der Waals surface area contributed by atoms with E-state index in [2.05, 4.69) is 10.3 Å². The molecule has 3 aromatic rings. The van der Waals surface area contributed by atoms with Gasteiger partial charge < -0.3 is 15.2 Å². The Hall–Kier alpha value is -3.20. The summed E-state index contributed by atoms with van der Waals surface area (Å²) < 4.78 is 6.62. The number of thiophene rings is 1. The van der Waals surface area contributed by atoms with Crippen molar-refractivity contribution in [3.05, 3.63) is 51.4 Å². The summed E-state index contributed by atoms with van der Waals surface area (Å²) in [4.78, 5) is 40.8. The van der Waals surface area contributed by atoms with Crippen molar-refractivity contribution >= 4 is 39.1 Å². The lowest BCUT2D eigenvalue weighted by Crippen LogP contribution is -2.28. The number of amides is 1. The number of para-hydroxylation sites is 2. The fraction of sp³-hybridized carbons (Fsp3) is 0.222. The second-order valence-electron chi connectivity index (χ2n) is 5.70. The predicted octanol–water partition coefficient (Wildman–Crippen LogP) is 2.50. The highest BCUT2D eigenvalue weighted by Crippen LogP contribution is 2.27. The molecule has 0 bridgehead atoms. The molecule has 3 rings (SSSR count). The molecule has 0 atom stereocenters. The second kappa shape index (κ2) is 7.58. The summed E-state index contributed by atoms with van der Waals surface area (Å²) in [6.45, 7) is 3.61. The number of nitrogens with zero attached hydrogens (tertiary/aromatic N) is 2. The number of carbonyl (C=O) groups is 2. The highest BCUT2D eigenvalue weighted by atomic mass is 32.1. The highest BCUT2D eigenvalue weighted by Gasteiger charge is 2.19. The van der Waals surface area contributed by atoms with Crippen molar-refractivity contribution in [2.45, 2.75) is 20.4 Å². The van der Waals surface area contributed by atoms with Gasteiger partial charge in [0.05, 0.1) is 24.0 Å². The lowest BCUT2D eigenvalue weighted by atomic mass is 10.2. The molecule has 8 nitrogen and oxygen atoms in total. The maximum atomic E-state index is 12.7. The standard InChI is InChI=1S/C18H17N3O5S/c1-3-26-12-7-5-4-6-11(12)20-13(22)8-21-9-19-16-14(17(21)23)10(2)15(27-16)18(24)25/h4-7,9H,3,8H2,1-2H3,(H,20,22)(H,24,25). The number of anilines is 1. The number of rotatable bonds is 6. The smallest absolute Gasteiger partial charge is 0.346 e. The molecular formula is C18H17N3O5S. The molecule has 0 aliphatic heterocycles. The van der Waals surface area contributed by atoms with Crippen LogP contribution in [0.2, 0.25) is 0 Å². The average molecular weight is 387 g/mol. The predicted molar refractivity (Wildman–Crippen MR) is 102 cm³/mol. The quantitative estimate of drug-likeness (QED) is 0.672. The van der Waals surface area contributed by atoms with Gasteiger partial charge in [-0.3, -0.25) is 14.2 Å². The summed E-state index contributed by atoms with van der Waals surface area (Å²) in [5.74, 6) is -0.988. The lowest BCUT2D eigenvalue weighted by Gasteiger charge is -2.11. The summed E-state index contributed by atoms with van der Waals surface area (Å²) in [7, 11) is 0. The van der Waals surface area contributed by atoms with Gasteiger partial charge in [0.1, 0.15) is 22.0 Å². The van der Waals surface area contributed by atoms with Crippen LogP contribution in [0.5, 0.6) is 5.75 Å². The Morgan fingerprint density at radius 3 is 2.78 bits per heavy atom. The SMILES string of the molecule is CCOc1ccccc1NC(=O)Cn1cnc2sc(C(=O)O)c(C)c2c1=O. The summed E-state index contributed by atoms with van der Waals surface area (Å²) in [6, 6.07) is 7.00. The van der Waals surface area contributed by atoms with Gasteiger partial charge in [0.2, 0.25) is 5.91 Å². The first-order valence-electron chi connectivity index (χ1n) is 8.15. The van der Waals surface area contributed by atoms with E-state index in [0.29, 0.717) is 28.4 Å². The van der Waals surface area contributed by atoms with Gasteiger partial charge in [0.15, 0.2) is 0 Å². The average Bonchev–Trinajstić information content (AvgIpc) is 2.97. The van der Waals surface area contributed by atoms with E-state index in [-0.39, 0.29) is 16.8 Å². The number of aryl methyl sites for hydroxylation is 1. The molecule has 0 fully saturated rings. The summed E-state index contributed by atoms with van der Waals surface area (Å²) in [5, 5.41) is 12.1. The summed E-state index contributed by atoms with van der Waals surface area (Å²) in [5.41, 5.74) is 0.414. The molecule has 2 N–H and O–H groups in total. The molecule has 27 heavy (non-hydrogen) atoms. The van der Waals surface area contributed by atoms with Crippen LogP contribution in [0.15, 0.2) is 35.4 Å². The van der Waals surface area contributed by atoms with E-state index in [1.54, 1.807) is 31.2 Å². The number of fused-ring (bicyclic) bond motifs is 1. The van der Waals surface area contributed by atoms with Crippen molar-refractivity contribution in [3.63, 3.8) is 0 Å². The number of hydrogen-bond donors (Lipinski definition) is 2. The number of aromatic nitrogens is 2. The monoisotopic (exact) mass is 387 g/mol. The minimum Gasteiger partial charge on any atom is -0.492 e. The number of aromatic carboxylic acids is 1. The molecule has 0 aliphatic rings. The second-order valence-corrected chi connectivity index (χ2v) is 6.70. The van der Waals surface area contributed by atoms with E-state index in [0.717, 1.165) is 15.9 Å². The van der Waals surface area contributed by atoms with Crippen molar-refractivity contribution in [2.24, 2.45) is 0 Å². The zero-order chi connectivity index (χ0) is 19.6. The summed E-state index contributed by atoms with van der Waals surface area (Å²) >= 11 is 0.943. The molecule has 9 heteroatoms. The van der Waals surface area contributed by atoms with Gasteiger partial charge in [-0.05, 0) is 31.5 Å². The molecule has 2 aromatic heterocycles. The number of carboxylic acids is 1. The number of benzene rings is 1. The number of carbonyl (C=O) groups excluding carboxylic acids is 1. The molecule has 1 amide bonds. The highest BCUT2D eigenvalue weighted by molar-refractivity contribution is 7.20. The van der Waals surface area contributed by atoms with Crippen LogP contribution < -0.4 is 15.6 Å². The Bertz CT molecular complexity index is 1090. The Morgan fingerprint density at radius 2 is 2.07 bits per heavy atom. The number of carboxylic acid groups (broad SMARTS) is 1. The third-order valence-corrected chi connectivity index (χ3v) is 5.07. The van der Waals surface area contributed by atoms with Crippen LogP contribution in [0.4, 0.5) is 5.69 Å². The third-order valence-electron chi connectivity index (χ3n) is 3.89. The topological polar surface area (TPSA) is 111 Å². The largest absolute Gasteiger partial charge is 0.492 e. The van der Waals surface area contributed by atoms with Gasteiger partial charge in [-0.25, -0.2) is 9.78 Å². The Kier molecular flexibility index (Phi) is 5.22. The van der Waals surface area contributed by atoms with Crippen LogP contribution in [0.3, 0.4) is 0 Å². The van der Waals surface area contributed by atoms with E-state index in [4.69, 9.17) is 4.74 Å². The zero-order valence-electron chi connectivity index (χ0n) is 14.7. The normalized spacial score (nSPS) is 10.7. The number of hydrogen-bond acceptors (Lipinski definition) is 6. The minimum absolute atomic E-state index is 0.0717. The van der Waals surface area contributed by atoms with Gasteiger partial charge in [0.25, 0.3) is 5.56 Å². The Labute approximate surface area is 158 Å². The maximum Gasteiger partial charge on any atom is 0.346 e. The lowest BCUT2D eigenvalue weighted by molar-refractivity contribution is -0.116. The van der Waals surface area contributed by atoms with Gasteiger partial charge in [0, 0.05) is 0 Å². The van der Waals surface area contributed by atoms with Crippen LogP contribution in [0.1, 0.15) is 22.2 Å². The summed E-state index contributed by atoms with van der Waals surface area (Å²) in [6.07, 6.45) is 1.25. The molecule has 0 spiro atoms. The van der Waals surface area contributed by atoms with Gasteiger partial charge >= 0.3 is 5.97 Å². The van der Waals surface area contributed by atoms with E-state index in [1.807, 2.05) is 6.92 Å². The van der Waals surface area contributed by atoms with E-state index >= 15 is 0 Å². The molecule has 0 aliphatic carbocycles. The van der Waals surface area contributed by atoms with Crippen molar-refractivity contribution in [2.75, 3.05) is 11.9 Å². The Morgan fingerprint density at radius 1 is 1.33 bits per heavy atom. The van der Waals surface area contributed by atoms with Crippen LogP contribution >= 0.6 is 11.3 Å². The van der Waals surface area contributed by atoms with Crippen molar-refractivity contribution in [1.82, 2.24) is 9.55 Å². The third kappa shape index (κ3) is 3.68. The van der Waals surface area contributed by atoms with Crippen molar-refractivity contribution in [3.8, 4) is 5.75 Å². The maximum absolute atomic E-state index is 12.7. The van der Waals surface area contributed by atoms with Crippen LogP contribution in [-0.2, 0) is 11.3 Å². The first kappa shape index (κ1) is 18.6. The molecule has 2 heterocycles.